The van der Waals surface area contributed by atoms with Crippen LogP contribution in [0, 0.1) is 0 Å². The third-order valence-electron chi connectivity index (χ3n) is 2.06. The lowest BCUT2D eigenvalue weighted by molar-refractivity contribution is -0.122. The molecule has 0 saturated carbocycles. The lowest BCUT2D eigenvalue weighted by atomic mass is 10.2. The van der Waals surface area contributed by atoms with E-state index in [1.165, 1.54) is 0 Å². The number of nitrogens with two attached hydrogens (primary N) is 1. The van der Waals surface area contributed by atoms with Crippen molar-refractivity contribution in [3.63, 3.8) is 0 Å². The van der Waals surface area contributed by atoms with E-state index in [1.54, 1.807) is 0 Å². The first-order valence-electron chi connectivity index (χ1n) is 4.97. The van der Waals surface area contributed by atoms with Gasteiger partial charge in [-0.25, -0.2) is 0 Å². The van der Waals surface area contributed by atoms with Crippen LogP contribution in [0.5, 0.6) is 0 Å². The van der Waals surface area contributed by atoms with E-state index in [0.29, 0.717) is 12.7 Å². The quantitative estimate of drug-likeness (QED) is 0.533. The van der Waals surface area contributed by atoms with Crippen molar-refractivity contribution in [3.8, 4) is 0 Å². The third kappa shape index (κ3) is 5.16. The van der Waals surface area contributed by atoms with Gasteiger partial charge in [0.15, 0.2) is 0 Å². The molecule has 1 atom stereocenters. The summed E-state index contributed by atoms with van der Waals surface area (Å²) in [5, 5.41) is 3.20. The molecule has 1 heterocycles. The van der Waals surface area contributed by atoms with Gasteiger partial charge in [-0.1, -0.05) is 0 Å². The fourth-order valence-electron chi connectivity index (χ4n) is 1.39. The number of hydrogen-bond acceptors (Lipinski definition) is 4. The molecule has 3 N–H and O–H groups in total. The highest BCUT2D eigenvalue weighted by Gasteiger charge is 2.13. The monoisotopic (exact) mass is 202 g/mol. The largest absolute Gasteiger partial charge is 0.377 e. The second-order valence-electron chi connectivity index (χ2n) is 3.36. The summed E-state index contributed by atoms with van der Waals surface area (Å²) in [4.78, 5) is 10.3. The van der Waals surface area contributed by atoms with Gasteiger partial charge in [0.05, 0.1) is 12.7 Å². The maximum atomic E-state index is 10.3. The van der Waals surface area contributed by atoms with E-state index in [4.69, 9.17) is 15.2 Å². The molecule has 82 valence electrons. The Morgan fingerprint density at radius 1 is 1.64 bits per heavy atom. The molecule has 1 aliphatic rings. The van der Waals surface area contributed by atoms with Gasteiger partial charge in [0, 0.05) is 19.7 Å². The molecule has 1 aliphatic heterocycles. The number of primary amides is 1. The van der Waals surface area contributed by atoms with Crippen LogP contribution in [0.25, 0.3) is 0 Å². The second-order valence-corrected chi connectivity index (χ2v) is 3.36. The number of carbonyl (C=O) groups is 1. The molecule has 1 amide bonds. The van der Waals surface area contributed by atoms with Crippen molar-refractivity contribution < 1.29 is 14.3 Å². The predicted molar refractivity (Wildman–Crippen MR) is 51.9 cm³/mol. The van der Waals surface area contributed by atoms with Gasteiger partial charge in [-0.05, 0) is 12.8 Å². The van der Waals surface area contributed by atoms with Gasteiger partial charge in [0.25, 0.3) is 0 Å². The van der Waals surface area contributed by atoms with Crippen molar-refractivity contribution in [1.82, 2.24) is 5.32 Å². The summed E-state index contributed by atoms with van der Waals surface area (Å²) < 4.78 is 10.4. The Balaban J connectivity index is 1.82. The summed E-state index contributed by atoms with van der Waals surface area (Å²) in [5.74, 6) is -0.427. The van der Waals surface area contributed by atoms with Crippen molar-refractivity contribution in [2.75, 3.05) is 32.9 Å². The minimum atomic E-state index is -0.427. The molecule has 1 saturated heterocycles. The topological polar surface area (TPSA) is 73.6 Å². The minimum absolute atomic E-state index is 0.00160. The highest BCUT2D eigenvalue weighted by atomic mass is 16.5. The Bertz CT molecular complexity index is 169. The van der Waals surface area contributed by atoms with Crippen LogP contribution < -0.4 is 11.1 Å². The maximum Gasteiger partial charge on any atom is 0.243 e. The van der Waals surface area contributed by atoms with Crippen molar-refractivity contribution in [2.24, 2.45) is 5.73 Å². The van der Waals surface area contributed by atoms with E-state index >= 15 is 0 Å². The Morgan fingerprint density at radius 3 is 3.14 bits per heavy atom. The molecule has 14 heavy (non-hydrogen) atoms. The number of nitrogens with one attached hydrogen (secondary N) is 1. The van der Waals surface area contributed by atoms with Crippen LogP contribution in [-0.2, 0) is 14.3 Å². The van der Waals surface area contributed by atoms with Crippen molar-refractivity contribution in [3.05, 3.63) is 0 Å². The zero-order valence-electron chi connectivity index (χ0n) is 8.33. The molecule has 1 rings (SSSR count). The van der Waals surface area contributed by atoms with Gasteiger partial charge in [0.2, 0.25) is 5.91 Å². The molecule has 5 nitrogen and oxygen atoms in total. The Hall–Kier alpha value is -0.650. The molecule has 1 unspecified atom stereocenters. The fraction of sp³-hybridized carbons (Fsp3) is 0.889. The van der Waals surface area contributed by atoms with Crippen LogP contribution in [-0.4, -0.2) is 44.9 Å². The normalized spacial score (nSPS) is 21.3. The number of carbonyl (C=O) groups excluding carboxylic acids is 1. The number of hydrogen-bond donors (Lipinski definition) is 2. The predicted octanol–water partition coefficient (Wildman–Crippen LogP) is -0.743. The second kappa shape index (κ2) is 6.75. The summed E-state index contributed by atoms with van der Waals surface area (Å²) in [6.45, 7) is 2.98. The summed E-state index contributed by atoms with van der Waals surface area (Å²) >= 11 is 0. The summed E-state index contributed by atoms with van der Waals surface area (Å²) in [5.41, 5.74) is 4.90. The molecule has 1 fully saturated rings. The average molecular weight is 202 g/mol. The number of rotatable bonds is 7. The first-order chi connectivity index (χ1) is 6.79. The average Bonchev–Trinajstić information content (AvgIpc) is 2.63. The van der Waals surface area contributed by atoms with Crippen LogP contribution >= 0.6 is 0 Å². The SMILES string of the molecule is NC(=O)COCCNCC1CCCO1. The van der Waals surface area contributed by atoms with Crippen molar-refractivity contribution >= 4 is 5.91 Å². The number of ether oxygens (including phenoxy) is 2. The van der Waals surface area contributed by atoms with Crippen molar-refractivity contribution in [1.29, 1.82) is 0 Å². The molecule has 0 radical (unpaired) electrons. The Kier molecular flexibility index (Phi) is 5.51. The van der Waals surface area contributed by atoms with Gasteiger partial charge >= 0.3 is 0 Å². The first-order valence-corrected chi connectivity index (χ1v) is 4.97. The molecule has 0 bridgehead atoms. The minimum Gasteiger partial charge on any atom is -0.377 e. The van der Waals surface area contributed by atoms with Crippen LogP contribution in [0.2, 0.25) is 0 Å². The highest BCUT2D eigenvalue weighted by Crippen LogP contribution is 2.10. The Labute approximate surface area is 83.9 Å². The number of amides is 1. The van der Waals surface area contributed by atoms with Crippen LogP contribution in [0.3, 0.4) is 0 Å². The van der Waals surface area contributed by atoms with E-state index < -0.39 is 5.91 Å². The van der Waals surface area contributed by atoms with Gasteiger partial charge < -0.3 is 20.5 Å². The van der Waals surface area contributed by atoms with Gasteiger partial charge in [-0.3, -0.25) is 4.79 Å². The molecule has 0 aromatic rings. The van der Waals surface area contributed by atoms with Gasteiger partial charge in [-0.2, -0.15) is 0 Å². The zero-order chi connectivity index (χ0) is 10.2. The molecule has 0 aromatic heterocycles. The summed E-state index contributed by atoms with van der Waals surface area (Å²) in [6, 6.07) is 0. The molecule has 0 aliphatic carbocycles. The maximum absolute atomic E-state index is 10.3. The van der Waals surface area contributed by atoms with E-state index in [0.717, 1.165) is 32.5 Å². The zero-order valence-corrected chi connectivity index (χ0v) is 8.33. The first kappa shape index (κ1) is 11.4. The summed E-state index contributed by atoms with van der Waals surface area (Å²) in [6.07, 6.45) is 2.64. The van der Waals surface area contributed by atoms with E-state index in [9.17, 15) is 4.79 Å². The molecule has 0 spiro atoms. The molecular weight excluding hydrogens is 184 g/mol. The lowest BCUT2D eigenvalue weighted by Crippen LogP contribution is -2.30. The third-order valence-corrected chi connectivity index (χ3v) is 2.06. The fourth-order valence-corrected chi connectivity index (χ4v) is 1.39. The molecule has 0 aromatic carbocycles. The molecular formula is C9H18N2O3. The summed E-state index contributed by atoms with van der Waals surface area (Å²) in [7, 11) is 0. The van der Waals surface area contributed by atoms with E-state index in [2.05, 4.69) is 5.32 Å². The van der Waals surface area contributed by atoms with E-state index in [-0.39, 0.29) is 6.61 Å². The van der Waals surface area contributed by atoms with E-state index in [1.807, 2.05) is 0 Å². The smallest absolute Gasteiger partial charge is 0.243 e. The van der Waals surface area contributed by atoms with Crippen LogP contribution in [0.1, 0.15) is 12.8 Å². The van der Waals surface area contributed by atoms with Crippen LogP contribution in [0.15, 0.2) is 0 Å². The molecule has 5 heteroatoms. The van der Waals surface area contributed by atoms with Gasteiger partial charge in [-0.15, -0.1) is 0 Å². The standard InChI is InChI=1S/C9H18N2O3/c10-9(12)7-13-5-3-11-6-8-2-1-4-14-8/h8,11H,1-7H2,(H2,10,12). The van der Waals surface area contributed by atoms with Crippen LogP contribution in [0.4, 0.5) is 0 Å². The highest BCUT2D eigenvalue weighted by molar-refractivity contribution is 5.74. The van der Waals surface area contributed by atoms with Gasteiger partial charge in [0.1, 0.15) is 6.61 Å². The van der Waals surface area contributed by atoms with Crippen molar-refractivity contribution in [2.45, 2.75) is 18.9 Å². The Morgan fingerprint density at radius 2 is 2.50 bits per heavy atom. The lowest BCUT2D eigenvalue weighted by Gasteiger charge is -2.10.